The minimum absolute atomic E-state index is 0.0435. The van der Waals surface area contributed by atoms with Gasteiger partial charge < -0.3 is 138 Å². The molecule has 12 bridgehead atoms. The summed E-state index contributed by atoms with van der Waals surface area (Å²) in [6, 6.07) is 6.45. The molecule has 23 heterocycles. The Morgan fingerprint density at radius 1 is 0.304 bits per heavy atom. The van der Waals surface area contributed by atoms with Crippen LogP contribution in [0.1, 0.15) is 20.7 Å². The molecule has 1 aromatic rings. The van der Waals surface area contributed by atoms with Gasteiger partial charge in [0.25, 0.3) is 11.8 Å². The fourth-order valence-electron chi connectivity index (χ4n) is 14.0. The van der Waals surface area contributed by atoms with Crippen molar-refractivity contribution in [3.8, 4) is 0 Å². The second-order valence-corrected chi connectivity index (χ2v) is 23.0. The van der Waals surface area contributed by atoms with Gasteiger partial charge in [-0.2, -0.15) is 0 Å². The van der Waals surface area contributed by atoms with Crippen LogP contribution in [0.3, 0.4) is 0 Å². The largest absolute Gasteiger partial charge is 0.394 e. The van der Waals surface area contributed by atoms with Crippen molar-refractivity contribution in [1.82, 2.24) is 4.90 Å². The molecule has 30 atom stereocenters. The fourth-order valence-corrected chi connectivity index (χ4v) is 14.0. The van der Waals surface area contributed by atoms with Gasteiger partial charge in [0, 0.05) is 114 Å². The summed E-state index contributed by atoms with van der Waals surface area (Å²) < 4.78 is 181. The average Bonchev–Trinajstić information content (AvgIpc) is 0.980. The first-order chi connectivity index (χ1) is 44.7. The summed E-state index contributed by atoms with van der Waals surface area (Å²) in [5, 5.41) is 11.3. The van der Waals surface area contributed by atoms with Gasteiger partial charge in [-0.05, 0) is 12.1 Å². The Morgan fingerprint density at radius 3 is 0.728 bits per heavy atom. The summed E-state index contributed by atoms with van der Waals surface area (Å²) in [6.07, 6.45) is -33.9. The highest BCUT2D eigenvalue weighted by molar-refractivity contribution is 6.21. The molecule has 32 heteroatoms. The lowest BCUT2D eigenvalue weighted by atomic mass is 9.94. The van der Waals surface area contributed by atoms with Crippen LogP contribution in [0.2, 0.25) is 0 Å². The smallest absolute Gasteiger partial charge is 0.261 e. The zero-order valence-corrected chi connectivity index (χ0v) is 55.0. The van der Waals surface area contributed by atoms with Crippen LogP contribution < -0.4 is 0 Å². The number of amides is 2. The quantitative estimate of drug-likeness (QED) is 0.125. The van der Waals surface area contributed by atoms with Crippen LogP contribution in [-0.2, 0) is 133 Å². The number of hydrogen-bond acceptors (Lipinski definition) is 31. The average molecular weight is 1330 g/mol. The monoisotopic (exact) mass is 1330 g/mol. The molecule has 0 saturated carbocycles. The number of carbonyl (C=O) groups excluding carboxylic acids is 2. The van der Waals surface area contributed by atoms with E-state index in [1.54, 1.807) is 24.3 Å². The molecule has 22 saturated heterocycles. The number of methoxy groups -OCH3 is 16. The van der Waals surface area contributed by atoms with Crippen LogP contribution in [0.15, 0.2) is 24.3 Å². The number of ether oxygens (including phenoxy) is 28. The third kappa shape index (κ3) is 14.7. The Kier molecular flexibility index (Phi) is 27.2. The van der Waals surface area contributed by atoms with E-state index >= 15 is 0 Å². The van der Waals surface area contributed by atoms with E-state index in [1.165, 1.54) is 114 Å². The number of imide groups is 1. The van der Waals surface area contributed by atoms with Gasteiger partial charge in [-0.15, -0.1) is 0 Å². The minimum Gasteiger partial charge on any atom is -0.394 e. The summed E-state index contributed by atoms with van der Waals surface area (Å²) in [4.78, 5) is 29.6. The number of nitrogens with zero attached hydrogens (tertiary/aromatic N) is 1. The molecule has 1 N–H and O–H groups in total. The molecular weight excluding hydrogens is 1230 g/mol. The third-order valence-electron chi connectivity index (χ3n) is 18.3. The third-order valence-corrected chi connectivity index (χ3v) is 18.3. The van der Waals surface area contributed by atoms with Crippen molar-refractivity contribution in [1.29, 1.82) is 0 Å². The van der Waals surface area contributed by atoms with E-state index < -0.39 is 209 Å². The highest BCUT2D eigenvalue weighted by atomic mass is 16.8. The highest BCUT2D eigenvalue weighted by Gasteiger charge is 2.62. The van der Waals surface area contributed by atoms with Crippen molar-refractivity contribution >= 4 is 11.8 Å². The molecule has 23 aliphatic rings. The van der Waals surface area contributed by atoms with Crippen LogP contribution >= 0.6 is 0 Å². The SMILES string of the molecule is COC[C@H]1O[C@@H]2O[C@H]3[C@H](OC)[C@@H](OC)[C@@H](O[C@H]4[C@H](OC)[C@@H](OC)[C@@H](O[C@H]5[C@H](OC)[C@@H](OC)[C@@H](O[C@H]6[C@H](OC)[C@@H](OC)[C@@H](O[C@H]7[C@H](OC)[C@@H](OC)[C@@H](O[C@H]1[C@H](OC)[C@H]2OC)O[C@@H]7COC)O[C@@H]6COC)O[C@@H]5COC)O[C@@H]4CN1C(=O)c2ccccc2C1=O)O[C@@H]3CO. The van der Waals surface area contributed by atoms with Crippen molar-refractivity contribution in [3.05, 3.63) is 35.4 Å². The van der Waals surface area contributed by atoms with E-state index in [0.29, 0.717) is 0 Å². The molecule has 0 radical (unpaired) electrons. The Morgan fingerprint density at radius 2 is 0.511 bits per heavy atom. The Bertz CT molecular complexity index is 2390. The number of rotatable bonds is 23. The van der Waals surface area contributed by atoms with Crippen LogP contribution in [0.4, 0.5) is 0 Å². The van der Waals surface area contributed by atoms with Crippen LogP contribution in [0.25, 0.3) is 0 Å². The summed E-state index contributed by atoms with van der Waals surface area (Å²) in [5.41, 5.74) is 0.374. The van der Waals surface area contributed by atoms with Gasteiger partial charge in [0.1, 0.15) is 146 Å². The molecular formula is C60H95NO31. The maximum absolute atomic E-state index is 14.3. The maximum atomic E-state index is 14.3. The zero-order valence-electron chi connectivity index (χ0n) is 55.0. The number of carbonyl (C=O) groups is 2. The molecule has 0 spiro atoms. The second-order valence-electron chi connectivity index (χ2n) is 23.0. The van der Waals surface area contributed by atoms with Crippen LogP contribution in [-0.4, -0.2) is 359 Å². The van der Waals surface area contributed by atoms with Crippen molar-refractivity contribution in [3.63, 3.8) is 0 Å². The molecule has 22 fully saturated rings. The van der Waals surface area contributed by atoms with Gasteiger partial charge in [0.2, 0.25) is 0 Å². The molecule has 32 nitrogen and oxygen atoms in total. The predicted octanol–water partition coefficient (Wildman–Crippen LogP) is -1.29. The van der Waals surface area contributed by atoms with Gasteiger partial charge in [0.05, 0.1) is 50.7 Å². The lowest BCUT2D eigenvalue weighted by Crippen LogP contribution is -2.70. The summed E-state index contributed by atoms with van der Waals surface area (Å²) >= 11 is 0. The number of hydrogen-bond donors (Lipinski definition) is 1. The van der Waals surface area contributed by atoms with E-state index in [2.05, 4.69) is 0 Å². The van der Waals surface area contributed by atoms with Gasteiger partial charge in [-0.1, -0.05) is 12.1 Å². The first-order valence-corrected chi connectivity index (χ1v) is 30.4. The zero-order chi connectivity index (χ0) is 66.1. The first kappa shape index (κ1) is 73.4. The number of aliphatic hydroxyl groups is 1. The Balaban J connectivity index is 1.16. The topological polar surface area (TPSA) is 316 Å². The Labute approximate surface area is 535 Å². The molecule has 92 heavy (non-hydrogen) atoms. The van der Waals surface area contributed by atoms with Crippen LogP contribution in [0, 0.1) is 0 Å². The van der Waals surface area contributed by atoms with Crippen molar-refractivity contribution in [2.45, 2.75) is 184 Å². The number of fused-ring (bicyclic) bond motifs is 1. The molecule has 24 rings (SSSR count). The summed E-state index contributed by atoms with van der Waals surface area (Å²) in [7, 11) is 23.5. The first-order valence-electron chi connectivity index (χ1n) is 30.4. The maximum Gasteiger partial charge on any atom is 0.261 e. The van der Waals surface area contributed by atoms with E-state index in [9.17, 15) is 14.7 Å². The molecule has 23 aliphatic heterocycles. The molecule has 0 unspecified atom stereocenters. The van der Waals surface area contributed by atoms with Gasteiger partial charge in [0.15, 0.2) is 37.7 Å². The summed E-state index contributed by atoms with van der Waals surface area (Å²) in [5.74, 6) is -1.17. The number of aliphatic hydroxyl groups excluding tert-OH is 1. The van der Waals surface area contributed by atoms with E-state index in [1.807, 2.05) is 0 Å². The molecule has 1 aromatic carbocycles. The lowest BCUT2D eigenvalue weighted by molar-refractivity contribution is -0.409. The minimum atomic E-state index is -1.44. The van der Waals surface area contributed by atoms with Crippen molar-refractivity contribution in [2.75, 3.05) is 153 Å². The second kappa shape index (κ2) is 34.1. The van der Waals surface area contributed by atoms with E-state index in [0.717, 1.165) is 4.90 Å². The van der Waals surface area contributed by atoms with Gasteiger partial charge >= 0.3 is 0 Å². The van der Waals surface area contributed by atoms with Crippen molar-refractivity contribution < 1.29 is 147 Å². The van der Waals surface area contributed by atoms with E-state index in [-0.39, 0.29) is 37.6 Å². The normalized spacial score (nSPS) is 43.7. The molecule has 2 amide bonds. The van der Waals surface area contributed by atoms with E-state index in [4.69, 9.17) is 133 Å². The highest BCUT2D eigenvalue weighted by Crippen LogP contribution is 2.43. The Hall–Kier alpha value is -2.80. The fraction of sp³-hybridized carbons (Fsp3) is 0.867. The summed E-state index contributed by atoms with van der Waals surface area (Å²) in [6.45, 7) is -1.36. The molecule has 0 aromatic heterocycles. The molecule has 0 aliphatic carbocycles. The van der Waals surface area contributed by atoms with Crippen LogP contribution in [0.5, 0.6) is 0 Å². The van der Waals surface area contributed by atoms with Gasteiger partial charge in [-0.25, -0.2) is 0 Å². The van der Waals surface area contributed by atoms with Crippen molar-refractivity contribution in [2.24, 2.45) is 0 Å². The molecule has 526 valence electrons. The van der Waals surface area contributed by atoms with Gasteiger partial charge in [-0.3, -0.25) is 14.5 Å². The number of benzene rings is 1. The predicted molar refractivity (Wildman–Crippen MR) is 307 cm³/mol. The lowest BCUT2D eigenvalue weighted by Gasteiger charge is -2.53. The standard InChI is InChI=1S/C60H95NO31/c1-65-23-31-37-43(71-7)50(78-14)58(84-31)91-39-33(25-67-3)86-60(52(80-16)45(39)73-9)92-40-34(26-68-4)85-59(51(79-15)46(40)74-10)90-38-32(24-66-2)83-57(49(77-13)44(38)72-8)88-36-30(22-62)82-56(48(76-12)42(36)70-6)87-35-29(81-55(89-37)47(75-11)41(35)69-5)21-61-53(63)27-19-17-18-20-28(27)54(61)64/h17-20,29-52,55-60,62H,21-26H2,1-16H3/t29-,30-,31-,32-,33-,34-,35-,36-,37-,38-,39-,40-,41+,42+,43+,44+,45+,46+,47-,48-,49-,50-,51-,52-,55-,56-,57-,58-,59-,60-/m1/s1.